The molecule has 3 rings (SSSR count). The molecule has 0 unspecified atom stereocenters. The average molecular weight is 337 g/mol. The van der Waals surface area contributed by atoms with Crippen LogP contribution in [0.3, 0.4) is 0 Å². The maximum Gasteiger partial charge on any atom is 0.315 e. The second-order valence-corrected chi connectivity index (χ2v) is 8.52. The molecule has 2 aliphatic heterocycles. The summed E-state index contributed by atoms with van der Waals surface area (Å²) in [7, 11) is -2.96. The maximum atomic E-state index is 11.8. The van der Waals surface area contributed by atoms with E-state index in [0.29, 0.717) is 13.0 Å². The number of sulfone groups is 1. The van der Waals surface area contributed by atoms with Crippen molar-refractivity contribution >= 4 is 15.9 Å². The molecule has 1 fully saturated rings. The Balaban J connectivity index is 1.38. The van der Waals surface area contributed by atoms with Crippen LogP contribution in [-0.4, -0.2) is 56.5 Å². The van der Waals surface area contributed by atoms with Gasteiger partial charge in [0.05, 0.1) is 11.5 Å². The van der Waals surface area contributed by atoms with Crippen molar-refractivity contribution in [2.24, 2.45) is 0 Å². The molecule has 0 saturated carbocycles. The van der Waals surface area contributed by atoms with Crippen LogP contribution in [0.2, 0.25) is 0 Å². The number of nitrogens with one attached hydrogen (secondary N) is 2. The predicted octanol–water partition coefficient (Wildman–Crippen LogP) is 0.531. The van der Waals surface area contributed by atoms with E-state index >= 15 is 0 Å². The summed E-state index contributed by atoms with van der Waals surface area (Å²) in [5.74, 6) is 0.231. The monoisotopic (exact) mass is 337 g/mol. The number of rotatable bonds is 4. The largest absolute Gasteiger partial charge is 0.337 e. The van der Waals surface area contributed by atoms with Crippen LogP contribution >= 0.6 is 0 Å². The summed E-state index contributed by atoms with van der Waals surface area (Å²) in [6, 6.07) is 7.94. The number of nitrogens with zero attached hydrogens (tertiary/aromatic N) is 1. The molecule has 126 valence electrons. The molecule has 1 saturated heterocycles. The van der Waals surface area contributed by atoms with Gasteiger partial charge in [-0.3, -0.25) is 4.90 Å². The Kier molecular flexibility index (Phi) is 4.87. The van der Waals surface area contributed by atoms with Gasteiger partial charge in [0.25, 0.3) is 0 Å². The number of amides is 2. The minimum absolute atomic E-state index is 0.0589. The van der Waals surface area contributed by atoms with E-state index in [1.807, 2.05) is 0 Å². The molecule has 0 aliphatic carbocycles. The van der Waals surface area contributed by atoms with E-state index < -0.39 is 9.84 Å². The summed E-state index contributed by atoms with van der Waals surface area (Å²) in [5, 5.41) is 5.56. The zero-order valence-corrected chi connectivity index (χ0v) is 13.9. The van der Waals surface area contributed by atoms with Crippen molar-refractivity contribution in [1.29, 1.82) is 0 Å². The Bertz CT molecular complexity index is 675. The molecule has 23 heavy (non-hydrogen) atoms. The highest BCUT2D eigenvalue weighted by Gasteiger charge is 2.28. The van der Waals surface area contributed by atoms with Gasteiger partial charge in [0.15, 0.2) is 9.84 Å². The molecule has 0 radical (unpaired) electrons. The third-order valence-corrected chi connectivity index (χ3v) is 6.26. The van der Waals surface area contributed by atoms with Crippen molar-refractivity contribution in [2.45, 2.75) is 25.4 Å². The zero-order valence-electron chi connectivity index (χ0n) is 13.1. The second kappa shape index (κ2) is 6.88. The summed E-state index contributed by atoms with van der Waals surface area (Å²) in [6.45, 7) is 3.28. The molecule has 1 aromatic carbocycles. The Morgan fingerprint density at radius 3 is 2.78 bits per heavy atom. The van der Waals surface area contributed by atoms with Gasteiger partial charge >= 0.3 is 6.03 Å². The van der Waals surface area contributed by atoms with Crippen LogP contribution in [0.4, 0.5) is 4.79 Å². The van der Waals surface area contributed by atoms with Crippen molar-refractivity contribution in [1.82, 2.24) is 15.5 Å². The number of hydrogen-bond acceptors (Lipinski definition) is 4. The molecule has 2 N–H and O–H groups in total. The molecular weight excluding hydrogens is 314 g/mol. The smallest absolute Gasteiger partial charge is 0.315 e. The molecule has 0 spiro atoms. The van der Waals surface area contributed by atoms with E-state index in [0.717, 1.165) is 26.1 Å². The molecule has 1 atom stereocenters. The van der Waals surface area contributed by atoms with Crippen molar-refractivity contribution in [3.05, 3.63) is 35.4 Å². The fraction of sp³-hybridized carbons (Fsp3) is 0.562. The summed E-state index contributed by atoms with van der Waals surface area (Å²) < 4.78 is 22.7. The Labute approximate surface area is 137 Å². The van der Waals surface area contributed by atoms with Crippen LogP contribution in [-0.2, 0) is 22.8 Å². The number of carbonyl (C=O) groups excluding carboxylic acids is 1. The van der Waals surface area contributed by atoms with Crippen molar-refractivity contribution < 1.29 is 13.2 Å². The minimum atomic E-state index is -2.96. The third kappa shape index (κ3) is 4.45. The second-order valence-electron chi connectivity index (χ2n) is 6.30. The molecule has 6 nitrogen and oxygen atoms in total. The topological polar surface area (TPSA) is 78.5 Å². The van der Waals surface area contributed by atoms with Gasteiger partial charge in [-0.1, -0.05) is 24.3 Å². The molecule has 2 heterocycles. The van der Waals surface area contributed by atoms with Crippen LogP contribution in [0.5, 0.6) is 0 Å². The first kappa shape index (κ1) is 16.3. The van der Waals surface area contributed by atoms with E-state index in [4.69, 9.17) is 0 Å². The van der Waals surface area contributed by atoms with Crippen molar-refractivity contribution in [3.63, 3.8) is 0 Å². The summed E-state index contributed by atoms with van der Waals surface area (Å²) in [4.78, 5) is 14.1. The minimum Gasteiger partial charge on any atom is -0.337 e. The maximum absolute atomic E-state index is 11.8. The highest BCUT2D eigenvalue weighted by Crippen LogP contribution is 2.17. The fourth-order valence-electron chi connectivity index (χ4n) is 3.22. The molecule has 0 aromatic heterocycles. The Morgan fingerprint density at radius 1 is 1.26 bits per heavy atom. The number of benzene rings is 1. The lowest BCUT2D eigenvalue weighted by Gasteiger charge is -2.28. The summed E-state index contributed by atoms with van der Waals surface area (Å²) in [6.07, 6.45) is 1.56. The quantitative estimate of drug-likeness (QED) is 0.840. The van der Waals surface area contributed by atoms with Gasteiger partial charge in [-0.25, -0.2) is 13.2 Å². The summed E-state index contributed by atoms with van der Waals surface area (Å²) in [5.41, 5.74) is 2.77. The predicted molar refractivity (Wildman–Crippen MR) is 89.0 cm³/mol. The summed E-state index contributed by atoms with van der Waals surface area (Å²) >= 11 is 0. The van der Waals surface area contributed by atoms with Gasteiger partial charge in [-0.05, 0) is 24.0 Å². The normalized spacial score (nSPS) is 23.2. The van der Waals surface area contributed by atoms with Crippen LogP contribution in [0.15, 0.2) is 24.3 Å². The highest BCUT2D eigenvalue weighted by molar-refractivity contribution is 7.91. The van der Waals surface area contributed by atoms with E-state index in [1.165, 1.54) is 11.1 Å². The van der Waals surface area contributed by atoms with Gasteiger partial charge in [0.2, 0.25) is 0 Å². The van der Waals surface area contributed by atoms with Crippen LogP contribution in [0, 0.1) is 0 Å². The van der Waals surface area contributed by atoms with Crippen LogP contribution < -0.4 is 10.6 Å². The van der Waals surface area contributed by atoms with E-state index in [2.05, 4.69) is 39.8 Å². The Morgan fingerprint density at radius 2 is 2.04 bits per heavy atom. The first-order valence-electron chi connectivity index (χ1n) is 8.06. The molecule has 2 aliphatic rings. The van der Waals surface area contributed by atoms with Crippen LogP contribution in [0.25, 0.3) is 0 Å². The zero-order chi connectivity index (χ0) is 16.3. The van der Waals surface area contributed by atoms with E-state index in [1.54, 1.807) is 0 Å². The molecular formula is C16H23N3O3S. The highest BCUT2D eigenvalue weighted by atomic mass is 32.2. The lowest BCUT2D eigenvalue weighted by Crippen LogP contribution is -2.45. The van der Waals surface area contributed by atoms with E-state index in [9.17, 15) is 13.2 Å². The first-order valence-corrected chi connectivity index (χ1v) is 9.88. The molecule has 7 heteroatoms. The SMILES string of the molecule is O=C(NCCN1CCc2ccccc2C1)N[C@@H]1CCS(=O)(=O)C1. The lowest BCUT2D eigenvalue weighted by molar-refractivity contribution is 0.228. The van der Waals surface area contributed by atoms with Gasteiger partial charge < -0.3 is 10.6 Å². The van der Waals surface area contributed by atoms with Gasteiger partial charge in [-0.2, -0.15) is 0 Å². The van der Waals surface area contributed by atoms with E-state index in [-0.39, 0.29) is 23.6 Å². The number of urea groups is 1. The molecule has 2 amide bonds. The lowest BCUT2D eigenvalue weighted by atomic mass is 10.00. The average Bonchev–Trinajstić information content (AvgIpc) is 2.86. The van der Waals surface area contributed by atoms with Gasteiger partial charge in [0.1, 0.15) is 0 Å². The number of carbonyl (C=O) groups is 1. The van der Waals surface area contributed by atoms with Gasteiger partial charge in [-0.15, -0.1) is 0 Å². The molecule has 1 aromatic rings. The number of hydrogen-bond donors (Lipinski definition) is 2. The first-order chi connectivity index (χ1) is 11.0. The third-order valence-electron chi connectivity index (χ3n) is 4.49. The van der Waals surface area contributed by atoms with Crippen molar-refractivity contribution in [2.75, 3.05) is 31.1 Å². The van der Waals surface area contributed by atoms with Gasteiger partial charge in [0, 0.05) is 32.2 Å². The molecule has 0 bridgehead atoms. The Hall–Kier alpha value is -1.60. The van der Waals surface area contributed by atoms with Crippen molar-refractivity contribution in [3.8, 4) is 0 Å². The standard InChI is InChI=1S/C16H23N3O3S/c20-16(18-15-6-10-23(21,22)12-15)17-7-9-19-8-5-13-3-1-2-4-14(13)11-19/h1-4,15H,5-12H2,(H2,17,18,20)/t15-/m1/s1. The number of fused-ring (bicyclic) bond motifs is 1. The van der Waals surface area contributed by atoms with Crippen LogP contribution in [0.1, 0.15) is 17.5 Å². The fourth-order valence-corrected chi connectivity index (χ4v) is 4.89.